The lowest BCUT2D eigenvalue weighted by Crippen LogP contribution is -2.54. The van der Waals surface area contributed by atoms with Crippen LogP contribution in [0.15, 0.2) is 30.5 Å². The predicted octanol–water partition coefficient (Wildman–Crippen LogP) is 3.39. The molecule has 2 aliphatic rings. The number of urea groups is 1. The Morgan fingerprint density at radius 2 is 1.44 bits per heavy atom. The van der Waals surface area contributed by atoms with E-state index in [1.54, 1.807) is 9.80 Å². The second kappa shape index (κ2) is 8.79. The van der Waals surface area contributed by atoms with E-state index in [1.165, 1.54) is 17.0 Å². The molecule has 0 aliphatic carbocycles. The highest BCUT2D eigenvalue weighted by Crippen LogP contribution is 2.34. The third-order valence-corrected chi connectivity index (χ3v) is 5.81. The lowest BCUT2D eigenvalue weighted by atomic mass is 10.1. The molecule has 3 amide bonds. The summed E-state index contributed by atoms with van der Waals surface area (Å²) in [6.45, 7) is 2.10. The normalized spacial score (nSPS) is 17.6. The van der Waals surface area contributed by atoms with Crippen LogP contribution in [0, 0.1) is 5.82 Å². The Kier molecular flexibility index (Phi) is 6.07. The SMILES string of the molecule is O=C(c1cnn(-c2ccccc2F)c1C(F)(F)F)N1CCN(C(=O)N2CCCCC2)CC1. The lowest BCUT2D eigenvalue weighted by molar-refractivity contribution is -0.143. The zero-order valence-electron chi connectivity index (χ0n) is 17.3. The molecule has 1 aromatic heterocycles. The van der Waals surface area contributed by atoms with Crippen molar-refractivity contribution < 1.29 is 27.2 Å². The van der Waals surface area contributed by atoms with Gasteiger partial charge in [0.15, 0.2) is 5.69 Å². The predicted molar refractivity (Wildman–Crippen MR) is 107 cm³/mol. The summed E-state index contributed by atoms with van der Waals surface area (Å²) in [6, 6.07) is 4.83. The Morgan fingerprint density at radius 1 is 0.844 bits per heavy atom. The van der Waals surface area contributed by atoms with Crippen molar-refractivity contribution in [2.75, 3.05) is 39.3 Å². The maximum Gasteiger partial charge on any atom is 0.434 e. The average Bonchev–Trinajstić information content (AvgIpc) is 3.25. The van der Waals surface area contributed by atoms with Gasteiger partial charge >= 0.3 is 12.2 Å². The molecule has 0 N–H and O–H groups in total. The third-order valence-electron chi connectivity index (χ3n) is 5.81. The number of piperidine rings is 1. The van der Waals surface area contributed by atoms with Crippen molar-refractivity contribution in [1.29, 1.82) is 0 Å². The van der Waals surface area contributed by atoms with Gasteiger partial charge in [0.2, 0.25) is 0 Å². The zero-order chi connectivity index (χ0) is 22.9. The average molecular weight is 453 g/mol. The van der Waals surface area contributed by atoms with E-state index in [-0.39, 0.29) is 32.2 Å². The molecule has 0 radical (unpaired) electrons. The molecule has 2 aliphatic heterocycles. The van der Waals surface area contributed by atoms with E-state index in [1.807, 2.05) is 0 Å². The van der Waals surface area contributed by atoms with Crippen molar-refractivity contribution in [3.63, 3.8) is 0 Å². The highest BCUT2D eigenvalue weighted by atomic mass is 19.4. The molecule has 4 rings (SSSR count). The summed E-state index contributed by atoms with van der Waals surface area (Å²) in [4.78, 5) is 30.3. The van der Waals surface area contributed by atoms with Gasteiger partial charge in [0, 0.05) is 39.3 Å². The number of aromatic nitrogens is 2. The van der Waals surface area contributed by atoms with E-state index in [0.717, 1.165) is 37.6 Å². The van der Waals surface area contributed by atoms with Crippen molar-refractivity contribution >= 4 is 11.9 Å². The molecule has 2 fully saturated rings. The molecule has 2 saturated heterocycles. The molecule has 1 aromatic carbocycles. The number of likely N-dealkylation sites (tertiary alicyclic amines) is 1. The smallest absolute Gasteiger partial charge is 0.335 e. The van der Waals surface area contributed by atoms with E-state index in [2.05, 4.69) is 5.10 Å². The van der Waals surface area contributed by atoms with Crippen molar-refractivity contribution in [2.45, 2.75) is 25.4 Å². The monoisotopic (exact) mass is 453 g/mol. The van der Waals surface area contributed by atoms with Crippen LogP contribution < -0.4 is 0 Å². The molecule has 0 saturated carbocycles. The van der Waals surface area contributed by atoms with E-state index < -0.39 is 34.8 Å². The Morgan fingerprint density at radius 3 is 2.06 bits per heavy atom. The number of nitrogens with zero attached hydrogens (tertiary/aromatic N) is 5. The molecule has 3 heterocycles. The van der Waals surface area contributed by atoms with Crippen LogP contribution in [0.5, 0.6) is 0 Å². The number of carbonyl (C=O) groups excluding carboxylic acids is 2. The minimum Gasteiger partial charge on any atom is -0.335 e. The van der Waals surface area contributed by atoms with E-state index in [9.17, 15) is 27.2 Å². The number of halogens is 4. The van der Waals surface area contributed by atoms with E-state index in [0.29, 0.717) is 17.8 Å². The largest absolute Gasteiger partial charge is 0.434 e. The van der Waals surface area contributed by atoms with Crippen LogP contribution in [0.2, 0.25) is 0 Å². The van der Waals surface area contributed by atoms with Gasteiger partial charge in [-0.2, -0.15) is 18.3 Å². The van der Waals surface area contributed by atoms with Gasteiger partial charge in [0.25, 0.3) is 5.91 Å². The Balaban J connectivity index is 1.52. The van der Waals surface area contributed by atoms with Crippen molar-refractivity contribution in [2.24, 2.45) is 0 Å². The highest BCUT2D eigenvalue weighted by molar-refractivity contribution is 5.95. The number of benzene rings is 1. The van der Waals surface area contributed by atoms with Crippen molar-refractivity contribution in [1.82, 2.24) is 24.5 Å². The first kappa shape index (κ1) is 22.1. The molecule has 0 spiro atoms. The fraction of sp³-hybridized carbons (Fsp3) is 0.476. The summed E-state index contributed by atoms with van der Waals surface area (Å²) in [5.74, 6) is -1.73. The molecular formula is C21H23F4N5O2. The molecule has 11 heteroatoms. The van der Waals surface area contributed by atoms with Crippen LogP contribution in [0.3, 0.4) is 0 Å². The molecule has 0 unspecified atom stereocenters. The maximum absolute atomic E-state index is 14.1. The van der Waals surface area contributed by atoms with Gasteiger partial charge in [0.1, 0.15) is 11.5 Å². The Bertz CT molecular complexity index is 992. The summed E-state index contributed by atoms with van der Waals surface area (Å²) in [7, 11) is 0. The van der Waals surface area contributed by atoms with Crippen molar-refractivity contribution in [3.8, 4) is 5.69 Å². The van der Waals surface area contributed by atoms with Gasteiger partial charge in [-0.1, -0.05) is 12.1 Å². The minimum absolute atomic E-state index is 0.0971. The van der Waals surface area contributed by atoms with Gasteiger partial charge < -0.3 is 14.7 Å². The second-order valence-corrected chi connectivity index (χ2v) is 7.88. The molecule has 7 nitrogen and oxygen atoms in total. The summed E-state index contributed by atoms with van der Waals surface area (Å²) in [5.41, 5.74) is -2.35. The quantitative estimate of drug-likeness (QED) is 0.655. The molecule has 2 aromatic rings. The lowest BCUT2D eigenvalue weighted by Gasteiger charge is -2.38. The first-order valence-electron chi connectivity index (χ1n) is 10.5. The molecular weight excluding hydrogens is 430 g/mol. The summed E-state index contributed by atoms with van der Waals surface area (Å²) in [5, 5.41) is 3.67. The number of para-hydroxylation sites is 1. The number of carbonyl (C=O) groups is 2. The van der Waals surface area contributed by atoms with Crippen LogP contribution in [-0.4, -0.2) is 75.7 Å². The first-order valence-corrected chi connectivity index (χ1v) is 10.5. The van der Waals surface area contributed by atoms with Crippen LogP contribution in [0.4, 0.5) is 22.4 Å². The second-order valence-electron chi connectivity index (χ2n) is 7.88. The summed E-state index contributed by atoms with van der Waals surface area (Å²) in [6.07, 6.45) is -1.10. The van der Waals surface area contributed by atoms with E-state index >= 15 is 0 Å². The Labute approximate surface area is 182 Å². The minimum atomic E-state index is -4.92. The first-order chi connectivity index (χ1) is 15.3. The van der Waals surface area contributed by atoms with Crippen molar-refractivity contribution in [3.05, 3.63) is 47.5 Å². The number of hydrogen-bond acceptors (Lipinski definition) is 3. The molecule has 0 bridgehead atoms. The topological polar surface area (TPSA) is 61.7 Å². The van der Waals surface area contributed by atoms with Gasteiger partial charge in [-0.3, -0.25) is 4.79 Å². The fourth-order valence-electron chi connectivity index (χ4n) is 4.14. The van der Waals surface area contributed by atoms with Crippen LogP contribution in [0.1, 0.15) is 35.3 Å². The number of amides is 3. The summed E-state index contributed by atoms with van der Waals surface area (Å²) < 4.78 is 56.1. The molecule has 32 heavy (non-hydrogen) atoms. The maximum atomic E-state index is 14.1. The van der Waals surface area contributed by atoms with Crippen LogP contribution in [0.25, 0.3) is 5.69 Å². The molecule has 0 atom stereocenters. The van der Waals surface area contributed by atoms with Gasteiger partial charge in [0.05, 0.1) is 11.8 Å². The number of rotatable bonds is 2. The molecule has 172 valence electrons. The third kappa shape index (κ3) is 4.28. The van der Waals surface area contributed by atoms with Gasteiger partial charge in [-0.05, 0) is 31.4 Å². The number of piperazine rings is 1. The number of alkyl halides is 3. The highest BCUT2D eigenvalue weighted by Gasteiger charge is 2.42. The Hall–Kier alpha value is -3.11. The van der Waals surface area contributed by atoms with Crippen LogP contribution in [-0.2, 0) is 6.18 Å². The standard InChI is InChI=1S/C21H23F4N5O2/c22-16-6-2-3-7-17(16)30-18(21(23,24)25)15(14-26-30)19(31)27-10-12-29(13-11-27)20(32)28-8-4-1-5-9-28/h2-3,6-7,14H,1,4-5,8-13H2. The van der Waals surface area contributed by atoms with Gasteiger partial charge in [-0.15, -0.1) is 0 Å². The summed E-state index contributed by atoms with van der Waals surface area (Å²) >= 11 is 0. The zero-order valence-corrected chi connectivity index (χ0v) is 17.3. The van der Waals surface area contributed by atoms with E-state index in [4.69, 9.17) is 0 Å². The van der Waals surface area contributed by atoms with Gasteiger partial charge in [-0.25, -0.2) is 13.9 Å². The number of hydrogen-bond donors (Lipinski definition) is 0. The fourth-order valence-corrected chi connectivity index (χ4v) is 4.14. The van der Waals surface area contributed by atoms with Crippen LogP contribution >= 0.6 is 0 Å².